The fourth-order valence-corrected chi connectivity index (χ4v) is 2.14. The van der Waals surface area contributed by atoms with Crippen LogP contribution in [0.4, 0.5) is 0 Å². The van der Waals surface area contributed by atoms with E-state index in [1.807, 2.05) is 18.2 Å². The average molecular weight is 256 g/mol. The Labute approximate surface area is 109 Å². The summed E-state index contributed by atoms with van der Waals surface area (Å²) in [6.07, 6.45) is 6.00. The molecule has 2 N–H and O–H groups in total. The van der Waals surface area contributed by atoms with E-state index in [1.165, 1.54) is 25.7 Å². The van der Waals surface area contributed by atoms with Gasteiger partial charge in [0.25, 0.3) is 0 Å². The van der Waals surface area contributed by atoms with Gasteiger partial charge < -0.3 is 10.5 Å². The molecule has 96 valence electrons. The average Bonchev–Trinajstić information content (AvgIpc) is 2.34. The zero-order valence-electron chi connectivity index (χ0n) is 10.7. The SMILES string of the molecule is CCCCCCC(N)c1ccc(OC)c(Cl)c1. The quantitative estimate of drug-likeness (QED) is 0.737. The van der Waals surface area contributed by atoms with E-state index in [4.69, 9.17) is 22.1 Å². The third-order valence-corrected chi connectivity index (χ3v) is 3.27. The predicted octanol–water partition coefficient (Wildman–Crippen LogP) is 4.32. The van der Waals surface area contributed by atoms with Crippen molar-refractivity contribution in [3.05, 3.63) is 28.8 Å². The van der Waals surface area contributed by atoms with Crippen molar-refractivity contribution in [2.45, 2.75) is 45.1 Å². The van der Waals surface area contributed by atoms with Gasteiger partial charge in [0.2, 0.25) is 0 Å². The van der Waals surface area contributed by atoms with Crippen LogP contribution in [0.5, 0.6) is 5.75 Å². The monoisotopic (exact) mass is 255 g/mol. The van der Waals surface area contributed by atoms with E-state index >= 15 is 0 Å². The maximum Gasteiger partial charge on any atom is 0.137 e. The Morgan fingerprint density at radius 3 is 2.65 bits per heavy atom. The van der Waals surface area contributed by atoms with Gasteiger partial charge >= 0.3 is 0 Å². The number of rotatable bonds is 7. The van der Waals surface area contributed by atoms with Gasteiger partial charge in [0.1, 0.15) is 5.75 Å². The minimum Gasteiger partial charge on any atom is -0.495 e. The second kappa shape index (κ2) is 7.57. The summed E-state index contributed by atoms with van der Waals surface area (Å²) in [6, 6.07) is 5.86. The van der Waals surface area contributed by atoms with E-state index in [0.717, 1.165) is 12.0 Å². The highest BCUT2D eigenvalue weighted by Crippen LogP contribution is 2.28. The highest BCUT2D eigenvalue weighted by Gasteiger charge is 2.08. The van der Waals surface area contributed by atoms with E-state index in [1.54, 1.807) is 7.11 Å². The Morgan fingerprint density at radius 1 is 1.29 bits per heavy atom. The van der Waals surface area contributed by atoms with E-state index < -0.39 is 0 Å². The smallest absolute Gasteiger partial charge is 0.137 e. The molecule has 0 bridgehead atoms. The summed E-state index contributed by atoms with van der Waals surface area (Å²) in [5.41, 5.74) is 7.23. The zero-order valence-corrected chi connectivity index (χ0v) is 11.5. The lowest BCUT2D eigenvalue weighted by Crippen LogP contribution is -2.10. The fraction of sp³-hybridized carbons (Fsp3) is 0.571. The second-order valence-corrected chi connectivity index (χ2v) is 4.76. The van der Waals surface area contributed by atoms with Crippen molar-refractivity contribution < 1.29 is 4.74 Å². The van der Waals surface area contributed by atoms with Crippen LogP contribution in [0.1, 0.15) is 50.6 Å². The summed E-state index contributed by atoms with van der Waals surface area (Å²) in [7, 11) is 1.62. The van der Waals surface area contributed by atoms with Crippen LogP contribution in [-0.2, 0) is 0 Å². The van der Waals surface area contributed by atoms with Crippen molar-refractivity contribution >= 4 is 11.6 Å². The van der Waals surface area contributed by atoms with Crippen LogP contribution in [0.25, 0.3) is 0 Å². The van der Waals surface area contributed by atoms with Gasteiger partial charge in [-0.25, -0.2) is 0 Å². The molecule has 1 atom stereocenters. The molecule has 17 heavy (non-hydrogen) atoms. The number of unbranched alkanes of at least 4 members (excludes halogenated alkanes) is 3. The van der Waals surface area contributed by atoms with Gasteiger partial charge in [-0.1, -0.05) is 50.3 Å². The molecule has 0 heterocycles. The summed E-state index contributed by atoms with van der Waals surface area (Å²) in [5.74, 6) is 0.702. The van der Waals surface area contributed by atoms with Crippen molar-refractivity contribution in [2.75, 3.05) is 7.11 Å². The van der Waals surface area contributed by atoms with E-state index in [0.29, 0.717) is 10.8 Å². The van der Waals surface area contributed by atoms with E-state index in [2.05, 4.69) is 6.92 Å². The number of hydrogen-bond acceptors (Lipinski definition) is 2. The minimum absolute atomic E-state index is 0.0789. The molecule has 0 aliphatic heterocycles. The first-order valence-corrected chi connectivity index (χ1v) is 6.65. The number of halogens is 1. The van der Waals surface area contributed by atoms with Gasteiger partial charge in [0, 0.05) is 6.04 Å². The summed E-state index contributed by atoms with van der Waals surface area (Å²) < 4.78 is 5.12. The van der Waals surface area contributed by atoms with Gasteiger partial charge in [0.05, 0.1) is 12.1 Å². The molecule has 0 saturated heterocycles. The molecule has 0 aromatic heterocycles. The van der Waals surface area contributed by atoms with Gasteiger partial charge in [-0.15, -0.1) is 0 Å². The first-order valence-electron chi connectivity index (χ1n) is 6.28. The van der Waals surface area contributed by atoms with Gasteiger partial charge in [-0.3, -0.25) is 0 Å². The normalized spacial score (nSPS) is 12.5. The van der Waals surface area contributed by atoms with Crippen molar-refractivity contribution in [1.29, 1.82) is 0 Å². The van der Waals surface area contributed by atoms with Crippen LogP contribution in [-0.4, -0.2) is 7.11 Å². The minimum atomic E-state index is 0.0789. The molecule has 0 amide bonds. The van der Waals surface area contributed by atoms with Crippen LogP contribution >= 0.6 is 11.6 Å². The molecule has 0 saturated carbocycles. The van der Waals surface area contributed by atoms with Crippen molar-refractivity contribution in [3.8, 4) is 5.75 Å². The summed E-state index contributed by atoms with van der Waals surface area (Å²) in [5, 5.41) is 0.633. The molecule has 0 radical (unpaired) electrons. The van der Waals surface area contributed by atoms with Crippen LogP contribution in [0.15, 0.2) is 18.2 Å². The molecule has 1 rings (SSSR count). The molecule has 1 aromatic rings. The Kier molecular flexibility index (Phi) is 6.38. The summed E-state index contributed by atoms with van der Waals surface area (Å²) >= 11 is 6.08. The number of hydrogen-bond donors (Lipinski definition) is 1. The molecule has 2 nitrogen and oxygen atoms in total. The van der Waals surface area contributed by atoms with Crippen LogP contribution < -0.4 is 10.5 Å². The highest BCUT2D eigenvalue weighted by atomic mass is 35.5. The Balaban J connectivity index is 2.51. The zero-order chi connectivity index (χ0) is 12.7. The van der Waals surface area contributed by atoms with Crippen molar-refractivity contribution in [2.24, 2.45) is 5.73 Å². The summed E-state index contributed by atoms with van der Waals surface area (Å²) in [4.78, 5) is 0. The molecule has 3 heteroatoms. The number of methoxy groups -OCH3 is 1. The Hall–Kier alpha value is -0.730. The standard InChI is InChI=1S/C14H22ClNO/c1-3-4-5-6-7-13(16)11-8-9-14(17-2)12(15)10-11/h8-10,13H,3-7,16H2,1-2H3. The van der Waals surface area contributed by atoms with Crippen LogP contribution in [0.3, 0.4) is 0 Å². The Morgan fingerprint density at radius 2 is 2.06 bits per heavy atom. The fourth-order valence-electron chi connectivity index (χ4n) is 1.87. The molecule has 1 aromatic carbocycles. The third-order valence-electron chi connectivity index (χ3n) is 2.97. The second-order valence-electron chi connectivity index (χ2n) is 4.35. The molecule has 1 unspecified atom stereocenters. The van der Waals surface area contributed by atoms with Crippen LogP contribution in [0, 0.1) is 0 Å². The predicted molar refractivity (Wildman–Crippen MR) is 73.7 cm³/mol. The third kappa shape index (κ3) is 4.57. The molecule has 0 aliphatic carbocycles. The first kappa shape index (κ1) is 14.3. The molecule has 0 fully saturated rings. The van der Waals surface area contributed by atoms with E-state index in [9.17, 15) is 0 Å². The Bertz CT molecular complexity index is 341. The largest absolute Gasteiger partial charge is 0.495 e. The topological polar surface area (TPSA) is 35.2 Å². The maximum absolute atomic E-state index is 6.14. The molecular weight excluding hydrogens is 234 g/mol. The molecule has 0 aliphatic rings. The molecule has 0 spiro atoms. The lowest BCUT2D eigenvalue weighted by molar-refractivity contribution is 0.414. The lowest BCUT2D eigenvalue weighted by Gasteiger charge is -2.13. The highest BCUT2D eigenvalue weighted by molar-refractivity contribution is 6.32. The number of ether oxygens (including phenoxy) is 1. The van der Waals surface area contributed by atoms with Crippen molar-refractivity contribution in [1.82, 2.24) is 0 Å². The number of benzene rings is 1. The van der Waals surface area contributed by atoms with Gasteiger partial charge in [-0.05, 0) is 24.1 Å². The maximum atomic E-state index is 6.14. The lowest BCUT2D eigenvalue weighted by atomic mass is 10.0. The van der Waals surface area contributed by atoms with Gasteiger partial charge in [0.15, 0.2) is 0 Å². The number of nitrogens with two attached hydrogens (primary N) is 1. The first-order chi connectivity index (χ1) is 8.19. The van der Waals surface area contributed by atoms with E-state index in [-0.39, 0.29) is 6.04 Å². The molecular formula is C14H22ClNO. The van der Waals surface area contributed by atoms with Gasteiger partial charge in [-0.2, -0.15) is 0 Å². The van der Waals surface area contributed by atoms with Crippen LogP contribution in [0.2, 0.25) is 5.02 Å². The van der Waals surface area contributed by atoms with Crippen molar-refractivity contribution in [3.63, 3.8) is 0 Å². The summed E-state index contributed by atoms with van der Waals surface area (Å²) in [6.45, 7) is 2.21.